The van der Waals surface area contributed by atoms with E-state index in [2.05, 4.69) is 9.97 Å². The number of ether oxygens (including phenoxy) is 1. The number of aromatic amines is 1. The number of hydrogen-bond acceptors (Lipinski definition) is 4. The highest BCUT2D eigenvalue weighted by Crippen LogP contribution is 2.33. The second kappa shape index (κ2) is 6.57. The van der Waals surface area contributed by atoms with E-state index in [1.807, 2.05) is 13.8 Å². The minimum atomic E-state index is -3.56. The summed E-state index contributed by atoms with van der Waals surface area (Å²) in [6.07, 6.45) is 5.07. The molecule has 1 aliphatic heterocycles. The Labute approximate surface area is 142 Å². The first-order chi connectivity index (χ1) is 11.4. The first-order valence-corrected chi connectivity index (χ1v) is 9.52. The van der Waals surface area contributed by atoms with Gasteiger partial charge in [0.2, 0.25) is 10.0 Å². The Balaban J connectivity index is 1.83. The van der Waals surface area contributed by atoms with Gasteiger partial charge in [0.1, 0.15) is 16.5 Å². The van der Waals surface area contributed by atoms with E-state index < -0.39 is 10.0 Å². The molecule has 2 heterocycles. The fraction of sp³-hybridized carbons (Fsp3) is 0.471. The van der Waals surface area contributed by atoms with Crippen molar-refractivity contribution in [3.05, 3.63) is 41.5 Å². The van der Waals surface area contributed by atoms with Gasteiger partial charge in [-0.15, -0.1) is 0 Å². The molecule has 0 aliphatic carbocycles. The number of hydrogen-bond donors (Lipinski definition) is 1. The molecule has 0 atom stereocenters. The van der Waals surface area contributed by atoms with Crippen molar-refractivity contribution in [2.45, 2.75) is 37.5 Å². The summed E-state index contributed by atoms with van der Waals surface area (Å²) >= 11 is 0. The molecule has 1 aromatic heterocycles. The number of methoxy groups -OCH3 is 1. The van der Waals surface area contributed by atoms with Crippen molar-refractivity contribution in [2.24, 2.45) is 0 Å². The molecule has 0 radical (unpaired) electrons. The number of aryl methyl sites for hydroxylation is 2. The Kier molecular flexibility index (Phi) is 4.64. The standard InChI is InChI=1S/C17H23N3O3S/c1-12-10-15(23-3)16(11-13(12)2)24(21,22)20-8-4-14(5-9-20)17-18-6-7-19-17/h6-7,10-11,14H,4-5,8-9H2,1-3H3,(H,18,19). The van der Waals surface area contributed by atoms with E-state index >= 15 is 0 Å². The third-order valence-electron chi connectivity index (χ3n) is 4.76. The van der Waals surface area contributed by atoms with E-state index in [0.717, 1.165) is 29.8 Å². The number of imidazole rings is 1. The number of nitrogens with zero attached hydrogens (tertiary/aromatic N) is 2. The maximum atomic E-state index is 13.0. The van der Waals surface area contributed by atoms with Gasteiger partial charge in [-0.1, -0.05) is 0 Å². The summed E-state index contributed by atoms with van der Waals surface area (Å²) in [6, 6.07) is 3.50. The highest BCUT2D eigenvalue weighted by Gasteiger charge is 2.32. The Morgan fingerprint density at radius 1 is 1.21 bits per heavy atom. The molecular weight excluding hydrogens is 326 g/mol. The molecule has 1 saturated heterocycles. The third kappa shape index (κ3) is 3.06. The van der Waals surface area contributed by atoms with Crippen LogP contribution in [0.5, 0.6) is 5.75 Å². The summed E-state index contributed by atoms with van der Waals surface area (Å²) in [5.74, 6) is 1.63. The van der Waals surface area contributed by atoms with E-state index in [0.29, 0.717) is 18.8 Å². The molecule has 0 unspecified atom stereocenters. The minimum Gasteiger partial charge on any atom is -0.495 e. The minimum absolute atomic E-state index is 0.254. The fourth-order valence-corrected chi connectivity index (χ4v) is 4.83. The van der Waals surface area contributed by atoms with Crippen molar-refractivity contribution >= 4 is 10.0 Å². The molecule has 1 fully saturated rings. The van der Waals surface area contributed by atoms with Crippen molar-refractivity contribution in [1.29, 1.82) is 0 Å². The zero-order chi connectivity index (χ0) is 17.3. The maximum absolute atomic E-state index is 13.0. The van der Waals surface area contributed by atoms with E-state index in [1.54, 1.807) is 28.8 Å². The smallest absolute Gasteiger partial charge is 0.246 e. The summed E-state index contributed by atoms with van der Waals surface area (Å²) in [5, 5.41) is 0. The van der Waals surface area contributed by atoms with Gasteiger partial charge in [0.15, 0.2) is 0 Å². The first-order valence-electron chi connectivity index (χ1n) is 8.08. The highest BCUT2D eigenvalue weighted by atomic mass is 32.2. The van der Waals surface area contributed by atoms with Crippen molar-refractivity contribution < 1.29 is 13.2 Å². The largest absolute Gasteiger partial charge is 0.495 e. The molecule has 0 spiro atoms. The lowest BCUT2D eigenvalue weighted by Crippen LogP contribution is -2.38. The predicted molar refractivity (Wildman–Crippen MR) is 91.8 cm³/mol. The van der Waals surface area contributed by atoms with E-state index in [9.17, 15) is 8.42 Å². The molecule has 0 amide bonds. The van der Waals surface area contributed by atoms with Crippen LogP contribution in [0.2, 0.25) is 0 Å². The Bertz CT molecular complexity index is 808. The molecule has 0 saturated carbocycles. The van der Waals surface area contributed by atoms with Crippen LogP contribution in [0.1, 0.15) is 35.7 Å². The van der Waals surface area contributed by atoms with Crippen LogP contribution in [-0.4, -0.2) is 42.9 Å². The molecule has 1 aliphatic rings. The van der Waals surface area contributed by atoms with Gasteiger partial charge in [-0.05, 0) is 49.9 Å². The van der Waals surface area contributed by atoms with Crippen LogP contribution in [0.4, 0.5) is 0 Å². The zero-order valence-electron chi connectivity index (χ0n) is 14.2. The highest BCUT2D eigenvalue weighted by molar-refractivity contribution is 7.89. The van der Waals surface area contributed by atoms with E-state index in [-0.39, 0.29) is 10.8 Å². The van der Waals surface area contributed by atoms with Crippen molar-refractivity contribution in [2.75, 3.05) is 20.2 Å². The van der Waals surface area contributed by atoms with Crippen LogP contribution in [0.25, 0.3) is 0 Å². The lowest BCUT2D eigenvalue weighted by atomic mass is 9.98. The summed E-state index contributed by atoms with van der Waals surface area (Å²) in [5.41, 5.74) is 1.96. The molecule has 24 heavy (non-hydrogen) atoms. The van der Waals surface area contributed by atoms with Gasteiger partial charge in [-0.2, -0.15) is 4.31 Å². The van der Waals surface area contributed by atoms with Gasteiger partial charge in [0.25, 0.3) is 0 Å². The molecule has 1 aromatic carbocycles. The lowest BCUT2D eigenvalue weighted by molar-refractivity contribution is 0.312. The zero-order valence-corrected chi connectivity index (χ0v) is 15.1. The predicted octanol–water partition coefficient (Wildman–Crippen LogP) is 2.60. The molecule has 0 bridgehead atoms. The Hall–Kier alpha value is -1.86. The van der Waals surface area contributed by atoms with Gasteiger partial charge in [0, 0.05) is 31.4 Å². The van der Waals surface area contributed by atoms with Gasteiger partial charge >= 0.3 is 0 Å². The second-order valence-electron chi connectivity index (χ2n) is 6.24. The molecule has 6 nitrogen and oxygen atoms in total. The SMILES string of the molecule is COc1cc(C)c(C)cc1S(=O)(=O)N1CCC(c2ncc[nH]2)CC1. The topological polar surface area (TPSA) is 75.3 Å². The van der Waals surface area contributed by atoms with Gasteiger partial charge in [-0.25, -0.2) is 13.4 Å². The van der Waals surface area contributed by atoms with Crippen LogP contribution in [0.15, 0.2) is 29.4 Å². The van der Waals surface area contributed by atoms with Gasteiger partial charge in [-0.3, -0.25) is 0 Å². The normalized spacial score (nSPS) is 17.1. The monoisotopic (exact) mass is 349 g/mol. The second-order valence-corrected chi connectivity index (χ2v) is 8.15. The van der Waals surface area contributed by atoms with Crippen LogP contribution in [0.3, 0.4) is 0 Å². The molecular formula is C17H23N3O3S. The molecule has 1 N–H and O–H groups in total. The van der Waals surface area contributed by atoms with Crippen molar-refractivity contribution in [3.63, 3.8) is 0 Å². The summed E-state index contributed by atoms with van der Waals surface area (Å²) < 4.78 is 33.0. The van der Waals surface area contributed by atoms with Gasteiger partial charge < -0.3 is 9.72 Å². The average molecular weight is 349 g/mol. The van der Waals surface area contributed by atoms with Crippen molar-refractivity contribution in [1.82, 2.24) is 14.3 Å². The van der Waals surface area contributed by atoms with Crippen molar-refractivity contribution in [3.8, 4) is 5.75 Å². The number of benzene rings is 1. The van der Waals surface area contributed by atoms with E-state index in [4.69, 9.17) is 4.74 Å². The molecule has 7 heteroatoms. The Morgan fingerprint density at radius 2 is 1.88 bits per heavy atom. The third-order valence-corrected chi connectivity index (χ3v) is 6.68. The number of nitrogens with one attached hydrogen (secondary N) is 1. The van der Waals surface area contributed by atoms with Crippen LogP contribution in [0, 0.1) is 13.8 Å². The summed E-state index contributed by atoms with van der Waals surface area (Å²) in [6.45, 7) is 4.84. The Morgan fingerprint density at radius 3 is 2.46 bits per heavy atom. The molecule has 3 rings (SSSR count). The lowest BCUT2D eigenvalue weighted by Gasteiger charge is -2.30. The van der Waals surface area contributed by atoms with Gasteiger partial charge in [0.05, 0.1) is 7.11 Å². The molecule has 2 aromatic rings. The quantitative estimate of drug-likeness (QED) is 0.921. The fourth-order valence-electron chi connectivity index (χ4n) is 3.13. The summed E-state index contributed by atoms with van der Waals surface area (Å²) in [4.78, 5) is 7.67. The van der Waals surface area contributed by atoms with Crippen LogP contribution >= 0.6 is 0 Å². The van der Waals surface area contributed by atoms with Crippen LogP contribution < -0.4 is 4.74 Å². The number of aromatic nitrogens is 2. The summed E-state index contributed by atoms with van der Waals surface area (Å²) in [7, 11) is -2.05. The number of rotatable bonds is 4. The first kappa shape index (κ1) is 17.0. The maximum Gasteiger partial charge on any atom is 0.246 e. The number of piperidine rings is 1. The average Bonchev–Trinajstić information content (AvgIpc) is 3.11. The van der Waals surface area contributed by atoms with E-state index in [1.165, 1.54) is 7.11 Å². The van der Waals surface area contributed by atoms with Crippen LogP contribution in [-0.2, 0) is 10.0 Å². The number of H-pyrrole nitrogens is 1. The molecule has 130 valence electrons. The number of sulfonamides is 1.